The van der Waals surface area contributed by atoms with Gasteiger partial charge in [0.15, 0.2) is 0 Å². The van der Waals surface area contributed by atoms with E-state index in [9.17, 15) is 10.1 Å². The molecule has 0 N–H and O–H groups in total. The van der Waals surface area contributed by atoms with Gasteiger partial charge in [-0.25, -0.2) is 0 Å². The highest BCUT2D eigenvalue weighted by atomic mass is 79.9. The van der Waals surface area contributed by atoms with E-state index in [1.54, 1.807) is 31.2 Å². The lowest BCUT2D eigenvalue weighted by atomic mass is 9.96. The van der Waals surface area contributed by atoms with E-state index in [1.807, 2.05) is 36.4 Å². The van der Waals surface area contributed by atoms with Crippen LogP contribution in [0.2, 0.25) is 0 Å². The molecule has 3 heteroatoms. The molecular weight excluding hydrogens is 314 g/mol. The van der Waals surface area contributed by atoms with E-state index in [0.717, 1.165) is 10.0 Å². The third-order valence-corrected chi connectivity index (χ3v) is 3.50. The highest BCUT2D eigenvalue weighted by molar-refractivity contribution is 9.10. The van der Waals surface area contributed by atoms with Crippen LogP contribution in [0.25, 0.3) is 5.57 Å². The predicted octanol–water partition coefficient (Wildman–Crippen LogP) is 4.63. The molecule has 0 radical (unpaired) electrons. The molecule has 0 spiro atoms. The number of nitrogens with zero attached hydrogens (tertiary/aromatic N) is 1. The van der Waals surface area contributed by atoms with Crippen molar-refractivity contribution in [2.75, 3.05) is 0 Å². The van der Waals surface area contributed by atoms with Gasteiger partial charge in [-0.1, -0.05) is 58.4 Å². The molecule has 0 amide bonds. The second-order valence-corrected chi connectivity index (χ2v) is 5.23. The predicted molar refractivity (Wildman–Crippen MR) is 83.1 cm³/mol. The summed E-state index contributed by atoms with van der Waals surface area (Å²) in [4.78, 5) is 12.4. The summed E-state index contributed by atoms with van der Waals surface area (Å²) in [5, 5.41) is 9.32. The molecule has 2 aromatic carbocycles. The van der Waals surface area contributed by atoms with Crippen LogP contribution in [-0.2, 0) is 0 Å². The monoisotopic (exact) mass is 325 g/mol. The Labute approximate surface area is 126 Å². The first kappa shape index (κ1) is 14.2. The van der Waals surface area contributed by atoms with Crippen molar-refractivity contribution in [3.63, 3.8) is 0 Å². The van der Waals surface area contributed by atoms with Crippen molar-refractivity contribution in [1.29, 1.82) is 5.26 Å². The number of halogens is 1. The van der Waals surface area contributed by atoms with Crippen LogP contribution < -0.4 is 0 Å². The number of hydrogen-bond donors (Lipinski definition) is 0. The highest BCUT2D eigenvalue weighted by Gasteiger charge is 2.15. The molecule has 20 heavy (non-hydrogen) atoms. The summed E-state index contributed by atoms with van der Waals surface area (Å²) >= 11 is 3.39. The Kier molecular flexibility index (Phi) is 4.49. The maximum absolute atomic E-state index is 12.4. The molecule has 0 saturated carbocycles. The molecule has 98 valence electrons. The van der Waals surface area contributed by atoms with Crippen LogP contribution in [0.4, 0.5) is 0 Å². The van der Waals surface area contributed by atoms with Crippen molar-refractivity contribution in [2.24, 2.45) is 0 Å². The molecule has 0 saturated heterocycles. The third-order valence-electron chi connectivity index (χ3n) is 3.01. The zero-order valence-electron chi connectivity index (χ0n) is 10.9. The number of benzene rings is 2. The Morgan fingerprint density at radius 1 is 1.05 bits per heavy atom. The standard InChI is InChI=1S/C17H12BrNO/c1-12(14-8-5-9-15(18)10-14)16(11-19)17(20)13-6-3-2-4-7-13/h2-10H,1H3/b16-12-. The number of hydrogen-bond acceptors (Lipinski definition) is 2. The number of Topliss-reactive ketones (excluding diaryl/α,β-unsaturated/α-hetero) is 1. The van der Waals surface area contributed by atoms with Crippen molar-refractivity contribution in [3.8, 4) is 6.07 Å². The van der Waals surface area contributed by atoms with E-state index in [4.69, 9.17) is 0 Å². The van der Waals surface area contributed by atoms with Crippen molar-refractivity contribution in [1.82, 2.24) is 0 Å². The highest BCUT2D eigenvalue weighted by Crippen LogP contribution is 2.23. The minimum Gasteiger partial charge on any atom is -0.288 e. The first-order chi connectivity index (χ1) is 9.63. The van der Waals surface area contributed by atoms with Crippen molar-refractivity contribution in [3.05, 3.63) is 75.8 Å². The summed E-state index contributed by atoms with van der Waals surface area (Å²) in [7, 11) is 0. The van der Waals surface area contributed by atoms with E-state index in [1.165, 1.54) is 0 Å². The molecule has 0 aromatic heterocycles. The van der Waals surface area contributed by atoms with Gasteiger partial charge in [-0.15, -0.1) is 0 Å². The lowest BCUT2D eigenvalue weighted by Crippen LogP contribution is -2.04. The summed E-state index contributed by atoms with van der Waals surface area (Å²) in [6.07, 6.45) is 0. The maximum Gasteiger partial charge on any atom is 0.203 e. The average Bonchev–Trinajstić information content (AvgIpc) is 2.48. The Morgan fingerprint density at radius 2 is 1.70 bits per heavy atom. The summed E-state index contributed by atoms with van der Waals surface area (Å²) in [6.45, 7) is 1.79. The van der Waals surface area contributed by atoms with Crippen LogP contribution in [0.1, 0.15) is 22.8 Å². The number of rotatable bonds is 3. The quantitative estimate of drug-likeness (QED) is 0.469. The summed E-state index contributed by atoms with van der Waals surface area (Å²) in [6, 6.07) is 18.4. The third kappa shape index (κ3) is 3.04. The van der Waals surface area contributed by atoms with Gasteiger partial charge < -0.3 is 0 Å². The molecule has 0 heterocycles. The maximum atomic E-state index is 12.4. The van der Waals surface area contributed by atoms with E-state index in [0.29, 0.717) is 11.1 Å². The van der Waals surface area contributed by atoms with Gasteiger partial charge in [-0.2, -0.15) is 5.26 Å². The summed E-state index contributed by atoms with van der Waals surface area (Å²) in [5.74, 6) is -0.245. The van der Waals surface area contributed by atoms with Crippen LogP contribution in [0.15, 0.2) is 64.6 Å². The topological polar surface area (TPSA) is 40.9 Å². The second kappa shape index (κ2) is 6.31. The van der Waals surface area contributed by atoms with Gasteiger partial charge in [0, 0.05) is 10.0 Å². The van der Waals surface area contributed by atoms with Crippen molar-refractivity contribution >= 4 is 27.3 Å². The molecule has 2 nitrogen and oxygen atoms in total. The van der Waals surface area contributed by atoms with E-state index in [2.05, 4.69) is 15.9 Å². The summed E-state index contributed by atoms with van der Waals surface area (Å²) in [5.41, 5.74) is 2.25. The summed E-state index contributed by atoms with van der Waals surface area (Å²) < 4.78 is 0.916. The first-order valence-electron chi connectivity index (χ1n) is 6.10. The fraction of sp³-hybridized carbons (Fsp3) is 0.0588. The van der Waals surface area contributed by atoms with Crippen molar-refractivity contribution in [2.45, 2.75) is 6.92 Å². The second-order valence-electron chi connectivity index (χ2n) is 4.32. The molecule has 0 fully saturated rings. The number of allylic oxidation sites excluding steroid dienone is 2. The first-order valence-corrected chi connectivity index (χ1v) is 6.89. The van der Waals surface area contributed by atoms with Gasteiger partial charge in [-0.05, 0) is 30.2 Å². The average molecular weight is 326 g/mol. The smallest absolute Gasteiger partial charge is 0.203 e. The van der Waals surface area contributed by atoms with Crippen LogP contribution in [0, 0.1) is 11.3 Å². The number of nitriles is 1. The van der Waals surface area contributed by atoms with Gasteiger partial charge in [0.05, 0.1) is 0 Å². The molecule has 0 aliphatic carbocycles. The zero-order chi connectivity index (χ0) is 14.5. The van der Waals surface area contributed by atoms with Crippen LogP contribution in [-0.4, -0.2) is 5.78 Å². The normalized spacial score (nSPS) is 11.4. The number of carbonyl (C=O) groups is 1. The van der Waals surface area contributed by atoms with Gasteiger partial charge >= 0.3 is 0 Å². The number of ketones is 1. The Morgan fingerprint density at radius 3 is 2.30 bits per heavy atom. The zero-order valence-corrected chi connectivity index (χ0v) is 12.5. The minimum absolute atomic E-state index is 0.175. The Bertz CT molecular complexity index is 711. The lowest BCUT2D eigenvalue weighted by Gasteiger charge is -2.06. The molecule has 0 unspecified atom stereocenters. The van der Waals surface area contributed by atoms with E-state index < -0.39 is 0 Å². The number of carbonyl (C=O) groups excluding carboxylic acids is 1. The van der Waals surface area contributed by atoms with Gasteiger partial charge in [0.2, 0.25) is 5.78 Å². The van der Waals surface area contributed by atoms with Gasteiger partial charge in [-0.3, -0.25) is 4.79 Å². The fourth-order valence-electron chi connectivity index (χ4n) is 1.90. The largest absolute Gasteiger partial charge is 0.288 e. The van der Waals surface area contributed by atoms with Crippen LogP contribution >= 0.6 is 15.9 Å². The lowest BCUT2D eigenvalue weighted by molar-refractivity contribution is 0.103. The molecule has 2 aromatic rings. The van der Waals surface area contributed by atoms with Crippen LogP contribution in [0.3, 0.4) is 0 Å². The fourth-order valence-corrected chi connectivity index (χ4v) is 2.30. The van der Waals surface area contributed by atoms with Gasteiger partial charge in [0.1, 0.15) is 11.6 Å². The van der Waals surface area contributed by atoms with Gasteiger partial charge in [0.25, 0.3) is 0 Å². The molecule has 0 aliphatic heterocycles. The van der Waals surface area contributed by atoms with Crippen LogP contribution in [0.5, 0.6) is 0 Å². The minimum atomic E-state index is -0.245. The SMILES string of the molecule is C/C(=C(\C#N)C(=O)c1ccccc1)c1cccc(Br)c1. The molecule has 0 atom stereocenters. The Hall–Kier alpha value is -2.18. The molecule has 0 aliphatic rings. The van der Waals surface area contributed by atoms with E-state index >= 15 is 0 Å². The molecular formula is C17H12BrNO. The van der Waals surface area contributed by atoms with E-state index in [-0.39, 0.29) is 11.4 Å². The molecule has 2 rings (SSSR count). The molecule has 0 bridgehead atoms. The Balaban J connectivity index is 2.49. The van der Waals surface area contributed by atoms with Crippen molar-refractivity contribution < 1.29 is 4.79 Å².